The van der Waals surface area contributed by atoms with Crippen molar-refractivity contribution in [3.63, 3.8) is 0 Å². The summed E-state index contributed by atoms with van der Waals surface area (Å²) in [7, 11) is 0. The number of hydrogen-bond acceptors (Lipinski definition) is 10. The van der Waals surface area contributed by atoms with Gasteiger partial charge in [0.25, 0.3) is 0 Å². The van der Waals surface area contributed by atoms with E-state index in [-0.39, 0.29) is 12.8 Å². The van der Waals surface area contributed by atoms with Crippen LogP contribution in [0, 0.1) is 0 Å². The molecule has 0 spiro atoms. The van der Waals surface area contributed by atoms with Gasteiger partial charge in [0.1, 0.15) is 36.6 Å². The standard InChI is InChI=1S/C67H129NO10/c1-3-5-7-9-11-13-15-17-19-21-23-25-27-28-29-30-31-33-34-36-38-40-42-44-46-48-50-52-54-59(70)62(72)58(57-77-67-65(75)64(74)63(73)61(56-69)78-67)68-66(76)60(71)55-53-51-49-47-45-43-41-39-37-35-32-26-24-22-20-18-16-14-12-10-8-6-4-2/h38,40,46,48,58-65,67,69-75H,3-37,39,41-45,47,49-57H2,1-2H3,(H,68,76)/b40-38+,48-46+. The highest BCUT2D eigenvalue weighted by molar-refractivity contribution is 5.80. The Bertz CT molecular complexity index is 1320. The predicted octanol–water partition coefficient (Wildman–Crippen LogP) is 15.6. The summed E-state index contributed by atoms with van der Waals surface area (Å²) < 4.78 is 11.2. The zero-order valence-corrected chi connectivity index (χ0v) is 50.9. The third-order valence-corrected chi connectivity index (χ3v) is 16.5. The first kappa shape index (κ1) is 74.6. The van der Waals surface area contributed by atoms with Crippen LogP contribution in [0.1, 0.15) is 328 Å². The highest BCUT2D eigenvalue weighted by Crippen LogP contribution is 2.24. The number of unbranched alkanes of at least 4 members (excludes halogenated alkanes) is 43. The molecule has 0 bridgehead atoms. The molecule has 0 aromatic carbocycles. The first-order valence-corrected chi connectivity index (χ1v) is 33.7. The molecule has 1 aliphatic heterocycles. The molecule has 9 atom stereocenters. The Labute approximate surface area is 480 Å². The molecule has 9 unspecified atom stereocenters. The van der Waals surface area contributed by atoms with Crippen molar-refractivity contribution < 1.29 is 50.0 Å². The van der Waals surface area contributed by atoms with Crippen LogP contribution >= 0.6 is 0 Å². The van der Waals surface area contributed by atoms with E-state index < -0.39 is 74.2 Å². The molecule has 1 aliphatic rings. The van der Waals surface area contributed by atoms with Gasteiger partial charge in [-0.2, -0.15) is 0 Å². The average molecular weight is 1110 g/mol. The molecular weight excluding hydrogens is 979 g/mol. The minimum Gasteiger partial charge on any atom is -0.394 e. The molecule has 78 heavy (non-hydrogen) atoms. The fourth-order valence-electron chi connectivity index (χ4n) is 11.1. The monoisotopic (exact) mass is 1110 g/mol. The topological polar surface area (TPSA) is 189 Å². The molecule has 1 fully saturated rings. The predicted molar refractivity (Wildman–Crippen MR) is 326 cm³/mol. The minimum atomic E-state index is -1.67. The summed E-state index contributed by atoms with van der Waals surface area (Å²) in [6.45, 7) is 3.49. The maximum atomic E-state index is 13.2. The molecule has 0 saturated carbocycles. The number of carbonyl (C=O) groups excluding carboxylic acids is 1. The van der Waals surface area contributed by atoms with Gasteiger partial charge in [-0.05, 0) is 51.4 Å². The highest BCUT2D eigenvalue weighted by Gasteiger charge is 2.44. The Hall–Kier alpha value is -1.41. The second-order valence-corrected chi connectivity index (χ2v) is 23.9. The number of ether oxygens (including phenoxy) is 2. The van der Waals surface area contributed by atoms with Crippen LogP contribution in [0.2, 0.25) is 0 Å². The van der Waals surface area contributed by atoms with Gasteiger partial charge in [0.2, 0.25) is 5.91 Å². The fraction of sp³-hybridized carbons (Fsp3) is 0.925. The van der Waals surface area contributed by atoms with Gasteiger partial charge in [-0.25, -0.2) is 0 Å². The average Bonchev–Trinajstić information content (AvgIpc) is 3.46. The smallest absolute Gasteiger partial charge is 0.249 e. The van der Waals surface area contributed by atoms with Gasteiger partial charge in [-0.1, -0.05) is 301 Å². The largest absolute Gasteiger partial charge is 0.394 e. The highest BCUT2D eigenvalue weighted by atomic mass is 16.7. The first-order chi connectivity index (χ1) is 38.2. The Morgan fingerprint density at radius 2 is 0.769 bits per heavy atom. The second-order valence-electron chi connectivity index (χ2n) is 23.9. The van der Waals surface area contributed by atoms with Crippen molar-refractivity contribution >= 4 is 5.91 Å². The van der Waals surface area contributed by atoms with E-state index in [1.807, 2.05) is 0 Å². The molecule has 1 saturated heterocycles. The second kappa shape index (κ2) is 56.1. The molecule has 11 nitrogen and oxygen atoms in total. The van der Waals surface area contributed by atoms with Gasteiger partial charge >= 0.3 is 0 Å². The van der Waals surface area contributed by atoms with Gasteiger partial charge in [0.05, 0.1) is 25.4 Å². The molecule has 1 heterocycles. The van der Waals surface area contributed by atoms with Crippen LogP contribution in [0.3, 0.4) is 0 Å². The van der Waals surface area contributed by atoms with E-state index in [0.717, 1.165) is 38.5 Å². The summed E-state index contributed by atoms with van der Waals surface area (Å²) in [5, 5.41) is 76.4. The Morgan fingerprint density at radius 1 is 0.436 bits per heavy atom. The van der Waals surface area contributed by atoms with Crippen LogP contribution in [0.5, 0.6) is 0 Å². The first-order valence-electron chi connectivity index (χ1n) is 33.7. The number of aliphatic hydroxyl groups excluding tert-OH is 7. The van der Waals surface area contributed by atoms with E-state index in [9.17, 15) is 40.5 Å². The minimum absolute atomic E-state index is 0.249. The zero-order valence-electron chi connectivity index (χ0n) is 50.9. The molecule has 462 valence electrons. The van der Waals surface area contributed by atoms with E-state index in [4.69, 9.17) is 9.47 Å². The van der Waals surface area contributed by atoms with Crippen LogP contribution in [-0.4, -0.2) is 110 Å². The van der Waals surface area contributed by atoms with Crippen molar-refractivity contribution in [2.75, 3.05) is 13.2 Å². The molecular formula is C67H129NO10. The number of allylic oxidation sites excluding steroid dienone is 4. The number of nitrogens with one attached hydrogen (secondary N) is 1. The number of rotatable bonds is 59. The van der Waals surface area contributed by atoms with E-state index >= 15 is 0 Å². The number of amides is 1. The summed E-state index contributed by atoms with van der Waals surface area (Å²) in [4.78, 5) is 13.2. The van der Waals surface area contributed by atoms with Crippen LogP contribution < -0.4 is 5.32 Å². The summed E-state index contributed by atoms with van der Waals surface area (Å²) in [6.07, 6.45) is 58.3. The van der Waals surface area contributed by atoms with E-state index in [0.29, 0.717) is 19.3 Å². The lowest BCUT2D eigenvalue weighted by atomic mass is 9.98. The molecule has 0 aliphatic carbocycles. The Kier molecular flexibility index (Phi) is 53.6. The van der Waals surface area contributed by atoms with Gasteiger partial charge in [-0.15, -0.1) is 0 Å². The van der Waals surface area contributed by atoms with Gasteiger partial charge < -0.3 is 50.5 Å². The third kappa shape index (κ3) is 43.3. The molecule has 0 radical (unpaired) electrons. The lowest BCUT2D eigenvalue weighted by Crippen LogP contribution is -2.60. The van der Waals surface area contributed by atoms with Gasteiger partial charge in [0, 0.05) is 0 Å². The van der Waals surface area contributed by atoms with Crippen LogP contribution in [0.25, 0.3) is 0 Å². The van der Waals surface area contributed by atoms with Crippen molar-refractivity contribution in [2.45, 2.75) is 384 Å². The van der Waals surface area contributed by atoms with E-state index in [1.54, 1.807) is 0 Å². The summed E-state index contributed by atoms with van der Waals surface area (Å²) in [5.41, 5.74) is 0. The molecule has 0 aromatic heterocycles. The normalized spacial score (nSPS) is 19.5. The summed E-state index contributed by atoms with van der Waals surface area (Å²) in [5.74, 6) is -0.704. The molecule has 0 aromatic rings. The van der Waals surface area contributed by atoms with Gasteiger partial charge in [-0.3, -0.25) is 4.79 Å². The maximum Gasteiger partial charge on any atom is 0.249 e. The molecule has 8 N–H and O–H groups in total. The van der Waals surface area contributed by atoms with E-state index in [1.165, 1.54) is 244 Å². The lowest BCUT2D eigenvalue weighted by Gasteiger charge is -2.40. The Balaban J connectivity index is 2.25. The molecule has 1 rings (SSSR count). The number of hydrogen-bond donors (Lipinski definition) is 8. The van der Waals surface area contributed by atoms with Crippen LogP contribution in [0.4, 0.5) is 0 Å². The number of aliphatic hydroxyl groups is 7. The van der Waals surface area contributed by atoms with Crippen molar-refractivity contribution in [3.05, 3.63) is 24.3 Å². The quantitative estimate of drug-likeness (QED) is 0.0215. The maximum absolute atomic E-state index is 13.2. The van der Waals surface area contributed by atoms with Crippen molar-refractivity contribution in [2.24, 2.45) is 0 Å². The van der Waals surface area contributed by atoms with Crippen molar-refractivity contribution in [1.82, 2.24) is 5.32 Å². The molecule has 11 heteroatoms. The molecule has 1 amide bonds. The van der Waals surface area contributed by atoms with Crippen LogP contribution in [0.15, 0.2) is 24.3 Å². The van der Waals surface area contributed by atoms with E-state index in [2.05, 4.69) is 43.5 Å². The van der Waals surface area contributed by atoms with Gasteiger partial charge in [0.15, 0.2) is 6.29 Å². The number of carbonyl (C=O) groups is 1. The summed E-state index contributed by atoms with van der Waals surface area (Å²) in [6, 6.07) is -1.19. The van der Waals surface area contributed by atoms with Crippen molar-refractivity contribution in [1.29, 1.82) is 0 Å². The summed E-state index contributed by atoms with van der Waals surface area (Å²) >= 11 is 0. The lowest BCUT2D eigenvalue weighted by molar-refractivity contribution is -0.303. The Morgan fingerprint density at radius 3 is 1.14 bits per heavy atom. The SMILES string of the molecule is CCCCCCCCCCCCCCCCCCCCC/C=C/CC/C=C/CCCC(O)C(O)C(COC1OC(CO)C(O)C(O)C1O)NC(=O)C(O)CCCCCCCCCCCCCCCCCCCCCCCCC. The fourth-order valence-corrected chi connectivity index (χ4v) is 11.1. The zero-order chi connectivity index (χ0) is 56.8. The van der Waals surface area contributed by atoms with Crippen molar-refractivity contribution in [3.8, 4) is 0 Å². The van der Waals surface area contributed by atoms with Crippen LogP contribution in [-0.2, 0) is 14.3 Å². The third-order valence-electron chi connectivity index (χ3n) is 16.5.